The number of nitrogens with one attached hydrogen (secondary N) is 2. The van der Waals surface area contributed by atoms with Gasteiger partial charge in [0.05, 0.1) is 21.7 Å². The second-order valence-electron chi connectivity index (χ2n) is 9.20. The van der Waals surface area contributed by atoms with E-state index in [9.17, 15) is 0 Å². The summed E-state index contributed by atoms with van der Waals surface area (Å²) in [5, 5.41) is 19.7. The quantitative estimate of drug-likeness (QED) is 0.197. The van der Waals surface area contributed by atoms with E-state index in [4.69, 9.17) is 10.8 Å². The van der Waals surface area contributed by atoms with Gasteiger partial charge in [-0.15, -0.1) is 0 Å². The lowest BCUT2D eigenvalue weighted by molar-refractivity contribution is 0.608. The van der Waals surface area contributed by atoms with E-state index >= 15 is 0 Å². The van der Waals surface area contributed by atoms with E-state index in [-0.39, 0.29) is 0 Å². The highest BCUT2D eigenvalue weighted by Gasteiger charge is 2.05. The highest BCUT2D eigenvalue weighted by molar-refractivity contribution is 5.79. The maximum absolute atomic E-state index is 8.21. The molecule has 0 aliphatic carbocycles. The van der Waals surface area contributed by atoms with Gasteiger partial charge in [-0.05, 0) is 76.6 Å². The first kappa shape index (κ1) is 23.7. The maximum atomic E-state index is 8.21. The molecule has 0 amide bonds. The van der Waals surface area contributed by atoms with Gasteiger partial charge in [0, 0.05) is 35.2 Å². The fourth-order valence-corrected chi connectivity index (χ4v) is 4.88. The number of unbranched alkanes of at least 4 members (excludes halogenated alkanes) is 4. The molecule has 4 nitrogen and oxygen atoms in total. The number of pyridine rings is 2. The van der Waals surface area contributed by atoms with Crippen molar-refractivity contribution in [2.24, 2.45) is 0 Å². The maximum Gasteiger partial charge on any atom is 0.0650 e. The van der Waals surface area contributed by atoms with Crippen LogP contribution in [0.15, 0.2) is 72.8 Å². The van der Waals surface area contributed by atoms with Gasteiger partial charge in [-0.25, -0.2) is 0 Å². The van der Waals surface area contributed by atoms with Crippen LogP contribution in [-0.4, -0.2) is 9.13 Å². The van der Waals surface area contributed by atoms with Crippen LogP contribution in [0.1, 0.15) is 49.9 Å². The van der Waals surface area contributed by atoms with Gasteiger partial charge in [0.15, 0.2) is 0 Å². The van der Waals surface area contributed by atoms with Gasteiger partial charge in [0.2, 0.25) is 0 Å². The van der Waals surface area contributed by atoms with Crippen molar-refractivity contribution in [1.29, 1.82) is 10.8 Å². The molecule has 34 heavy (non-hydrogen) atoms. The minimum Gasteiger partial charge on any atom is -0.345 e. The third-order valence-electron chi connectivity index (χ3n) is 6.70. The molecule has 2 heterocycles. The molecule has 4 heteroatoms. The lowest BCUT2D eigenvalue weighted by atomic mass is 10.1. The second-order valence-corrected chi connectivity index (χ2v) is 9.20. The Morgan fingerprint density at radius 3 is 1.47 bits per heavy atom. The van der Waals surface area contributed by atoms with E-state index in [0.717, 1.165) is 60.9 Å². The number of hydrogen-bond acceptors (Lipinski definition) is 2. The minimum absolute atomic E-state index is 0.613. The largest absolute Gasteiger partial charge is 0.345 e. The van der Waals surface area contributed by atoms with Crippen LogP contribution < -0.4 is 10.7 Å². The van der Waals surface area contributed by atoms with Crippen molar-refractivity contribution in [2.75, 3.05) is 0 Å². The Balaban J connectivity index is 1.20. The fraction of sp³-hybridized carbons (Fsp3) is 0.333. The Morgan fingerprint density at radius 2 is 1.03 bits per heavy atom. The molecule has 0 saturated carbocycles. The van der Waals surface area contributed by atoms with Gasteiger partial charge < -0.3 is 20.0 Å². The van der Waals surface area contributed by atoms with E-state index in [0.29, 0.717) is 10.7 Å². The van der Waals surface area contributed by atoms with Crippen LogP contribution in [-0.2, 0) is 13.1 Å². The third kappa shape index (κ3) is 5.39. The van der Waals surface area contributed by atoms with Crippen LogP contribution in [0.2, 0.25) is 0 Å². The van der Waals surface area contributed by atoms with E-state index in [1.165, 1.54) is 23.9 Å². The number of benzene rings is 2. The standard InChI is InChI=1S/C30H36N4/c1-23-21-27(31)25-15-9-11-17-29(25)33(23)19-13-7-5-3-4-6-8-14-20-34-24(2)22-28(32)26-16-10-12-18-30(26)34/h3-4,9-12,15-18,21-22,31-32H,5-8,13-14,19-20H2,1-2H3/b4-3+,31-27?,32-28?. The van der Waals surface area contributed by atoms with Crippen LogP contribution in [0, 0.1) is 24.7 Å². The number of fused-ring (bicyclic) bond motifs is 2. The van der Waals surface area contributed by atoms with Crippen molar-refractivity contribution in [3.05, 3.63) is 94.9 Å². The molecule has 0 bridgehead atoms. The van der Waals surface area contributed by atoms with Gasteiger partial charge in [0.25, 0.3) is 0 Å². The number of para-hydroxylation sites is 2. The highest BCUT2D eigenvalue weighted by atomic mass is 15.0. The zero-order valence-corrected chi connectivity index (χ0v) is 20.5. The van der Waals surface area contributed by atoms with E-state index in [1.807, 2.05) is 36.4 Å². The zero-order valence-electron chi connectivity index (χ0n) is 20.5. The predicted molar refractivity (Wildman–Crippen MR) is 142 cm³/mol. The van der Waals surface area contributed by atoms with Crippen LogP contribution in [0.3, 0.4) is 0 Å². The Hall–Kier alpha value is -3.40. The molecule has 2 aromatic carbocycles. The minimum atomic E-state index is 0.613. The summed E-state index contributed by atoms with van der Waals surface area (Å²) in [4.78, 5) is 0. The number of nitrogens with zero attached hydrogens (tertiary/aromatic N) is 2. The summed E-state index contributed by atoms with van der Waals surface area (Å²) < 4.78 is 4.71. The first-order chi connectivity index (χ1) is 16.6. The predicted octanol–water partition coefficient (Wildman–Crippen LogP) is 6.77. The average molecular weight is 453 g/mol. The smallest absolute Gasteiger partial charge is 0.0650 e. The molecule has 4 aromatic rings. The summed E-state index contributed by atoms with van der Waals surface area (Å²) in [6.07, 6.45) is 11.6. The first-order valence-corrected chi connectivity index (χ1v) is 12.5. The topological polar surface area (TPSA) is 57.6 Å². The summed E-state index contributed by atoms with van der Waals surface area (Å²) in [5.41, 5.74) is 4.66. The van der Waals surface area contributed by atoms with E-state index in [1.54, 1.807) is 0 Å². The van der Waals surface area contributed by atoms with Crippen molar-refractivity contribution < 1.29 is 0 Å². The van der Waals surface area contributed by atoms with Gasteiger partial charge in [0.1, 0.15) is 0 Å². The zero-order chi connectivity index (χ0) is 23.9. The van der Waals surface area contributed by atoms with Crippen LogP contribution in [0.25, 0.3) is 21.8 Å². The van der Waals surface area contributed by atoms with Crippen molar-refractivity contribution in [3.8, 4) is 0 Å². The first-order valence-electron chi connectivity index (χ1n) is 12.5. The summed E-state index contributed by atoms with van der Waals surface area (Å²) in [7, 11) is 0. The molecule has 0 unspecified atom stereocenters. The number of aryl methyl sites for hydroxylation is 4. The Morgan fingerprint density at radius 1 is 0.618 bits per heavy atom. The molecule has 0 aliphatic rings. The summed E-state index contributed by atoms with van der Waals surface area (Å²) >= 11 is 0. The highest BCUT2D eigenvalue weighted by Crippen LogP contribution is 2.16. The monoisotopic (exact) mass is 452 g/mol. The molecule has 0 radical (unpaired) electrons. The van der Waals surface area contributed by atoms with Crippen molar-refractivity contribution in [3.63, 3.8) is 0 Å². The van der Waals surface area contributed by atoms with E-state index < -0.39 is 0 Å². The van der Waals surface area contributed by atoms with E-state index in [2.05, 4.69) is 59.4 Å². The number of aromatic nitrogens is 2. The Bertz CT molecular complexity index is 1310. The molecule has 0 spiro atoms. The Labute approximate surface area is 202 Å². The van der Waals surface area contributed by atoms with Crippen molar-refractivity contribution in [2.45, 2.75) is 65.5 Å². The van der Waals surface area contributed by atoms with Crippen LogP contribution in [0.4, 0.5) is 0 Å². The van der Waals surface area contributed by atoms with Crippen LogP contribution >= 0.6 is 0 Å². The fourth-order valence-electron chi connectivity index (χ4n) is 4.88. The Kier molecular flexibility index (Phi) is 7.79. The lowest BCUT2D eigenvalue weighted by Gasteiger charge is -2.15. The van der Waals surface area contributed by atoms with Crippen molar-refractivity contribution in [1.82, 2.24) is 9.13 Å². The number of rotatable bonds is 10. The summed E-state index contributed by atoms with van der Waals surface area (Å²) in [6.45, 7) is 6.21. The molecule has 0 aliphatic heterocycles. The molecule has 0 fully saturated rings. The second kappa shape index (κ2) is 11.1. The molecular weight excluding hydrogens is 416 g/mol. The molecule has 0 atom stereocenters. The summed E-state index contributed by atoms with van der Waals surface area (Å²) in [6, 6.07) is 20.5. The number of allylic oxidation sites excluding steroid dienone is 2. The third-order valence-corrected chi connectivity index (χ3v) is 6.70. The van der Waals surface area contributed by atoms with Gasteiger partial charge >= 0.3 is 0 Å². The lowest BCUT2D eigenvalue weighted by Crippen LogP contribution is -2.12. The molecule has 4 rings (SSSR count). The SMILES string of the molecule is Cc1cc(=N)c2ccccc2n1CCCC/C=C/CCCCn1c(C)cc(=N)c2ccccc21. The molecule has 0 saturated heterocycles. The molecule has 176 valence electrons. The van der Waals surface area contributed by atoms with Gasteiger partial charge in [-0.2, -0.15) is 0 Å². The van der Waals surface area contributed by atoms with Crippen molar-refractivity contribution >= 4 is 21.8 Å². The molecular formula is C30H36N4. The molecule has 2 N–H and O–H groups in total. The molecule has 2 aromatic heterocycles. The number of hydrogen-bond donors (Lipinski definition) is 2. The van der Waals surface area contributed by atoms with Gasteiger partial charge in [-0.1, -0.05) is 48.6 Å². The normalized spacial score (nSPS) is 11.7. The van der Waals surface area contributed by atoms with Crippen LogP contribution in [0.5, 0.6) is 0 Å². The summed E-state index contributed by atoms with van der Waals surface area (Å²) in [5.74, 6) is 0. The van der Waals surface area contributed by atoms with Gasteiger partial charge in [-0.3, -0.25) is 0 Å². The average Bonchev–Trinajstić information content (AvgIpc) is 2.83.